The lowest BCUT2D eigenvalue weighted by molar-refractivity contribution is -0.131. The Labute approximate surface area is 159 Å². The van der Waals surface area contributed by atoms with Crippen LogP contribution in [0.3, 0.4) is 0 Å². The minimum absolute atomic E-state index is 0. The van der Waals surface area contributed by atoms with E-state index >= 15 is 0 Å². The van der Waals surface area contributed by atoms with Crippen LogP contribution in [0, 0.1) is 12.7 Å². The minimum Gasteiger partial charge on any atom is -0.344 e. The zero-order valence-corrected chi connectivity index (χ0v) is 15.8. The molecule has 0 unspecified atom stereocenters. The molecule has 2 aromatic rings. The van der Waals surface area contributed by atoms with Crippen LogP contribution in [0.1, 0.15) is 36.6 Å². The van der Waals surface area contributed by atoms with E-state index in [1.807, 2.05) is 18.0 Å². The van der Waals surface area contributed by atoms with Crippen molar-refractivity contribution in [3.05, 3.63) is 53.6 Å². The van der Waals surface area contributed by atoms with Gasteiger partial charge < -0.3 is 4.90 Å². The van der Waals surface area contributed by atoms with Crippen molar-refractivity contribution in [1.82, 2.24) is 15.2 Å². The molecular weight excluding hydrogens is 353 g/mol. The van der Waals surface area contributed by atoms with Gasteiger partial charge in [-0.2, -0.15) is 0 Å². The largest absolute Gasteiger partial charge is 0.344 e. The maximum atomic E-state index is 13.2. The van der Waals surface area contributed by atoms with E-state index < -0.39 is 5.54 Å². The second-order valence-corrected chi connectivity index (χ2v) is 7.17. The number of aromatic nitrogens is 1. The Bertz CT molecular complexity index is 826. The molecular formula is C20H23ClFN3O. The number of likely N-dealkylation sites (tertiary alicyclic amines) is 1. The summed E-state index contributed by atoms with van der Waals surface area (Å²) in [5, 5.41) is 3.58. The predicted octanol–water partition coefficient (Wildman–Crippen LogP) is 3.64. The Morgan fingerprint density at radius 3 is 2.62 bits per heavy atom. The Morgan fingerprint density at radius 2 is 1.96 bits per heavy atom. The van der Waals surface area contributed by atoms with E-state index in [9.17, 15) is 9.18 Å². The average Bonchev–Trinajstić information content (AvgIpc) is 3.16. The van der Waals surface area contributed by atoms with E-state index in [1.54, 1.807) is 18.3 Å². The number of benzene rings is 1. The predicted molar refractivity (Wildman–Crippen MR) is 102 cm³/mol. The van der Waals surface area contributed by atoms with E-state index in [0.29, 0.717) is 0 Å². The van der Waals surface area contributed by atoms with Gasteiger partial charge in [0.15, 0.2) is 0 Å². The summed E-state index contributed by atoms with van der Waals surface area (Å²) in [6.07, 6.45) is 4.41. The summed E-state index contributed by atoms with van der Waals surface area (Å²) in [5.74, 6) is -0.0405. The Morgan fingerprint density at radius 1 is 1.23 bits per heavy atom. The zero-order chi connectivity index (χ0) is 17.6. The SMILES string of the molecule is Cc1c(-c2ccc(F)cc2)ccnc1[C@@H]1CC[C@@]2(CCN(C)C2=O)N1.Cl. The number of hydrogen-bond acceptors (Lipinski definition) is 3. The van der Waals surface area contributed by atoms with Crippen molar-refractivity contribution in [2.45, 2.75) is 37.8 Å². The lowest BCUT2D eigenvalue weighted by atomic mass is 9.95. The van der Waals surface area contributed by atoms with Crippen LogP contribution in [0.5, 0.6) is 0 Å². The highest BCUT2D eigenvalue weighted by atomic mass is 35.5. The maximum Gasteiger partial charge on any atom is 0.242 e. The summed E-state index contributed by atoms with van der Waals surface area (Å²) in [5.41, 5.74) is 3.69. The topological polar surface area (TPSA) is 45.2 Å². The number of carbonyl (C=O) groups is 1. The van der Waals surface area contributed by atoms with Gasteiger partial charge in [-0.15, -0.1) is 12.4 Å². The molecule has 4 rings (SSSR count). The van der Waals surface area contributed by atoms with Crippen LogP contribution in [0.25, 0.3) is 11.1 Å². The number of hydrogen-bond donors (Lipinski definition) is 1. The first-order valence-electron chi connectivity index (χ1n) is 8.75. The number of likely N-dealkylation sites (N-methyl/N-ethyl adjacent to an activating group) is 1. The third kappa shape index (κ3) is 2.99. The van der Waals surface area contributed by atoms with Crippen LogP contribution in [0.2, 0.25) is 0 Å². The van der Waals surface area contributed by atoms with Crippen LogP contribution in [0.15, 0.2) is 36.5 Å². The highest BCUT2D eigenvalue weighted by Crippen LogP contribution is 2.40. The van der Waals surface area contributed by atoms with Crippen LogP contribution in [-0.2, 0) is 4.79 Å². The van der Waals surface area contributed by atoms with E-state index in [2.05, 4.69) is 17.2 Å². The summed E-state index contributed by atoms with van der Waals surface area (Å²) in [4.78, 5) is 18.9. The fourth-order valence-electron chi connectivity index (χ4n) is 4.22. The molecule has 0 bridgehead atoms. The number of carbonyl (C=O) groups excluding carboxylic acids is 1. The number of halogens is 2. The molecule has 2 aliphatic heterocycles. The lowest BCUT2D eigenvalue weighted by Crippen LogP contribution is -2.47. The standard InChI is InChI=1S/C20H22FN3O.ClH/c1-13-16(14-3-5-15(21)6-4-14)8-11-22-18(13)17-7-9-20(23-17)10-12-24(2)19(20)25;/h3-6,8,11,17,23H,7,9-10,12H2,1-2H3;1H/t17-,20-;/m0./s1. The van der Waals surface area contributed by atoms with Crippen LogP contribution < -0.4 is 5.32 Å². The fraction of sp³-hybridized carbons (Fsp3) is 0.400. The molecule has 0 aliphatic carbocycles. The van der Waals surface area contributed by atoms with Crippen LogP contribution >= 0.6 is 12.4 Å². The van der Waals surface area contributed by atoms with Crippen molar-refractivity contribution >= 4 is 18.3 Å². The molecule has 1 N–H and O–H groups in total. The van der Waals surface area contributed by atoms with Crippen molar-refractivity contribution in [1.29, 1.82) is 0 Å². The van der Waals surface area contributed by atoms with Crippen molar-refractivity contribution in [2.24, 2.45) is 0 Å². The third-order valence-corrected chi connectivity index (χ3v) is 5.67. The second kappa shape index (κ2) is 6.97. The highest BCUT2D eigenvalue weighted by Gasteiger charge is 2.50. The van der Waals surface area contributed by atoms with Gasteiger partial charge in [0.25, 0.3) is 0 Å². The smallest absolute Gasteiger partial charge is 0.242 e. The average molecular weight is 376 g/mol. The van der Waals surface area contributed by atoms with E-state index in [0.717, 1.165) is 48.2 Å². The first-order chi connectivity index (χ1) is 12.0. The molecule has 4 nitrogen and oxygen atoms in total. The van der Waals surface area contributed by atoms with Crippen LogP contribution in [0.4, 0.5) is 4.39 Å². The normalized spacial score (nSPS) is 25.0. The summed E-state index contributed by atoms with van der Waals surface area (Å²) < 4.78 is 13.2. The second-order valence-electron chi connectivity index (χ2n) is 7.17. The molecule has 1 aromatic heterocycles. The molecule has 6 heteroatoms. The molecule has 2 atom stereocenters. The quantitative estimate of drug-likeness (QED) is 0.871. The van der Waals surface area contributed by atoms with Crippen LogP contribution in [-0.4, -0.2) is 34.9 Å². The molecule has 0 radical (unpaired) electrons. The number of rotatable bonds is 2. The Kier molecular flexibility index (Phi) is 5.04. The minimum atomic E-state index is -0.417. The van der Waals surface area contributed by atoms with Crippen molar-refractivity contribution in [3.63, 3.8) is 0 Å². The van der Waals surface area contributed by atoms with Gasteiger partial charge in [0.05, 0.1) is 11.7 Å². The van der Waals surface area contributed by atoms with Crippen molar-refractivity contribution in [3.8, 4) is 11.1 Å². The third-order valence-electron chi connectivity index (χ3n) is 5.67. The first kappa shape index (κ1) is 18.8. The molecule has 138 valence electrons. The van der Waals surface area contributed by atoms with Crippen molar-refractivity contribution < 1.29 is 9.18 Å². The van der Waals surface area contributed by atoms with Gasteiger partial charge in [-0.1, -0.05) is 12.1 Å². The summed E-state index contributed by atoms with van der Waals surface area (Å²) in [6.45, 7) is 2.86. The van der Waals surface area contributed by atoms with Gasteiger partial charge >= 0.3 is 0 Å². The monoisotopic (exact) mass is 375 g/mol. The highest BCUT2D eigenvalue weighted by molar-refractivity contribution is 5.88. The first-order valence-corrected chi connectivity index (χ1v) is 8.75. The maximum absolute atomic E-state index is 13.2. The molecule has 2 fully saturated rings. The van der Waals surface area contributed by atoms with Gasteiger partial charge in [-0.05, 0) is 61.1 Å². The number of amides is 1. The van der Waals surface area contributed by atoms with Gasteiger partial charge in [0.2, 0.25) is 5.91 Å². The number of nitrogens with zero attached hydrogens (tertiary/aromatic N) is 2. The fourth-order valence-corrected chi connectivity index (χ4v) is 4.22. The number of pyridine rings is 1. The molecule has 1 aromatic carbocycles. The lowest BCUT2D eigenvalue weighted by Gasteiger charge is -2.24. The molecule has 26 heavy (non-hydrogen) atoms. The van der Waals surface area contributed by atoms with Crippen molar-refractivity contribution in [2.75, 3.05) is 13.6 Å². The van der Waals surface area contributed by atoms with Gasteiger partial charge in [-0.25, -0.2) is 4.39 Å². The van der Waals surface area contributed by atoms with E-state index in [-0.39, 0.29) is 30.2 Å². The van der Waals surface area contributed by atoms with E-state index in [4.69, 9.17) is 0 Å². The van der Waals surface area contributed by atoms with Gasteiger partial charge in [-0.3, -0.25) is 15.1 Å². The molecule has 3 heterocycles. The summed E-state index contributed by atoms with van der Waals surface area (Å²) in [6, 6.07) is 8.58. The summed E-state index contributed by atoms with van der Waals surface area (Å²) >= 11 is 0. The molecule has 1 amide bonds. The molecule has 1 spiro atoms. The zero-order valence-electron chi connectivity index (χ0n) is 15.0. The van der Waals surface area contributed by atoms with Gasteiger partial charge in [0, 0.05) is 19.8 Å². The van der Waals surface area contributed by atoms with Gasteiger partial charge in [0.1, 0.15) is 11.4 Å². The van der Waals surface area contributed by atoms with E-state index in [1.165, 1.54) is 12.1 Å². The Hall–Kier alpha value is -1.98. The molecule has 0 saturated carbocycles. The summed E-state index contributed by atoms with van der Waals surface area (Å²) in [7, 11) is 1.87. The molecule has 2 saturated heterocycles. The molecule has 2 aliphatic rings. The number of nitrogens with one attached hydrogen (secondary N) is 1. The Balaban J connectivity index is 0.00000196.